The highest BCUT2D eigenvalue weighted by molar-refractivity contribution is 7.99. The maximum Gasteiger partial charge on any atom is 0.270 e. The van der Waals surface area contributed by atoms with Crippen LogP contribution < -0.4 is 5.32 Å². The molecule has 34 heavy (non-hydrogen) atoms. The van der Waals surface area contributed by atoms with E-state index in [1.54, 1.807) is 24.8 Å². The Labute approximate surface area is 207 Å². The van der Waals surface area contributed by atoms with Crippen molar-refractivity contribution in [3.05, 3.63) is 71.4 Å². The SMILES string of the molecule is C=CCSc1ncccc1C(=O)N1CCC(c2nc(C(=O)NCCCn3ccnc3)cs2)CC1. The minimum atomic E-state index is -0.137. The number of imidazole rings is 1. The number of pyridine rings is 1. The third-order valence-electron chi connectivity index (χ3n) is 5.66. The topological polar surface area (TPSA) is 93.0 Å². The van der Waals surface area contributed by atoms with Crippen LogP contribution in [0.3, 0.4) is 0 Å². The molecule has 3 aromatic heterocycles. The third-order valence-corrected chi connectivity index (χ3v) is 7.67. The molecule has 4 heterocycles. The van der Waals surface area contributed by atoms with E-state index in [1.807, 2.05) is 33.2 Å². The van der Waals surface area contributed by atoms with Gasteiger partial charge in [-0.25, -0.2) is 15.0 Å². The molecular weight excluding hydrogens is 468 g/mol. The Morgan fingerprint density at radius 2 is 2.15 bits per heavy atom. The van der Waals surface area contributed by atoms with Gasteiger partial charge in [-0.2, -0.15) is 0 Å². The van der Waals surface area contributed by atoms with Crippen molar-refractivity contribution in [1.29, 1.82) is 0 Å². The number of carbonyl (C=O) groups is 2. The lowest BCUT2D eigenvalue weighted by atomic mass is 9.97. The molecule has 1 fully saturated rings. The van der Waals surface area contributed by atoms with Crippen molar-refractivity contribution in [2.45, 2.75) is 36.8 Å². The number of aryl methyl sites for hydroxylation is 1. The average Bonchev–Trinajstić information content (AvgIpc) is 3.58. The smallest absolute Gasteiger partial charge is 0.270 e. The number of thiazole rings is 1. The molecule has 178 valence electrons. The largest absolute Gasteiger partial charge is 0.351 e. The second kappa shape index (κ2) is 11.9. The van der Waals surface area contributed by atoms with Gasteiger partial charge in [0.1, 0.15) is 10.7 Å². The molecule has 0 radical (unpaired) electrons. The van der Waals surface area contributed by atoms with Crippen LogP contribution in [-0.2, 0) is 6.54 Å². The quantitative estimate of drug-likeness (QED) is 0.260. The number of hydrogen-bond donors (Lipinski definition) is 1. The number of carbonyl (C=O) groups excluding carboxylic acids is 2. The standard InChI is InChI=1S/C24H28N6O2S2/c1-2-15-33-23-19(5-3-8-27-23)24(32)30-12-6-18(7-13-30)22-28-20(16-34-22)21(31)26-9-4-11-29-14-10-25-17-29/h2-3,5,8,10,14,16-18H,1,4,6-7,9,11-13,15H2,(H,26,31). The molecule has 8 nitrogen and oxygen atoms in total. The van der Waals surface area contributed by atoms with Crippen molar-refractivity contribution in [3.63, 3.8) is 0 Å². The van der Waals surface area contributed by atoms with E-state index in [0.717, 1.165) is 35.8 Å². The fourth-order valence-corrected chi connectivity index (χ4v) is 5.55. The fraction of sp³-hybridized carbons (Fsp3) is 0.375. The number of hydrogen-bond acceptors (Lipinski definition) is 7. The maximum atomic E-state index is 13.1. The second-order valence-electron chi connectivity index (χ2n) is 8.00. The predicted octanol–water partition coefficient (Wildman–Crippen LogP) is 3.85. The Balaban J connectivity index is 1.26. The van der Waals surface area contributed by atoms with Gasteiger partial charge in [-0.15, -0.1) is 29.7 Å². The molecule has 0 saturated carbocycles. The number of thioether (sulfide) groups is 1. The van der Waals surface area contributed by atoms with Gasteiger partial charge in [0.2, 0.25) is 0 Å². The zero-order chi connectivity index (χ0) is 23.8. The summed E-state index contributed by atoms with van der Waals surface area (Å²) in [5, 5.41) is 6.49. The van der Waals surface area contributed by atoms with Crippen LogP contribution in [0.25, 0.3) is 0 Å². The summed E-state index contributed by atoms with van der Waals surface area (Å²) in [5.74, 6) is 0.861. The summed E-state index contributed by atoms with van der Waals surface area (Å²) in [6.45, 7) is 6.47. The summed E-state index contributed by atoms with van der Waals surface area (Å²) >= 11 is 3.05. The molecule has 1 aliphatic rings. The van der Waals surface area contributed by atoms with Gasteiger partial charge in [-0.3, -0.25) is 9.59 Å². The molecule has 10 heteroatoms. The van der Waals surface area contributed by atoms with Gasteiger partial charge in [-0.05, 0) is 31.4 Å². The van der Waals surface area contributed by atoms with Crippen molar-refractivity contribution in [3.8, 4) is 0 Å². The Kier molecular flexibility index (Phi) is 8.48. The molecule has 0 bridgehead atoms. The molecule has 2 amide bonds. The highest BCUT2D eigenvalue weighted by Crippen LogP contribution is 2.31. The van der Waals surface area contributed by atoms with Gasteiger partial charge >= 0.3 is 0 Å². The molecule has 0 aliphatic carbocycles. The molecular formula is C24H28N6O2S2. The zero-order valence-electron chi connectivity index (χ0n) is 18.9. The van der Waals surface area contributed by atoms with E-state index >= 15 is 0 Å². The zero-order valence-corrected chi connectivity index (χ0v) is 20.6. The number of aromatic nitrogens is 4. The Hall–Kier alpha value is -2.98. The van der Waals surface area contributed by atoms with Crippen LogP contribution in [0.1, 0.15) is 51.0 Å². The first-order valence-electron chi connectivity index (χ1n) is 11.3. The number of amides is 2. The Morgan fingerprint density at radius 3 is 2.91 bits per heavy atom. The van der Waals surface area contributed by atoms with E-state index in [2.05, 4.69) is 26.8 Å². The van der Waals surface area contributed by atoms with Gasteiger partial charge in [-0.1, -0.05) is 6.08 Å². The molecule has 0 spiro atoms. The van der Waals surface area contributed by atoms with Crippen LogP contribution in [0.4, 0.5) is 0 Å². The molecule has 1 aliphatic heterocycles. The van der Waals surface area contributed by atoms with Crippen molar-refractivity contribution in [2.75, 3.05) is 25.4 Å². The van der Waals surface area contributed by atoms with Gasteiger partial charge in [0.25, 0.3) is 11.8 Å². The minimum Gasteiger partial charge on any atom is -0.351 e. The van der Waals surface area contributed by atoms with Crippen LogP contribution in [0.2, 0.25) is 0 Å². The van der Waals surface area contributed by atoms with Crippen molar-refractivity contribution in [2.24, 2.45) is 0 Å². The molecule has 0 aromatic carbocycles. The lowest BCUT2D eigenvalue weighted by Gasteiger charge is -2.31. The van der Waals surface area contributed by atoms with E-state index in [1.165, 1.54) is 23.1 Å². The van der Waals surface area contributed by atoms with Crippen molar-refractivity contribution < 1.29 is 9.59 Å². The molecule has 4 rings (SSSR count). The summed E-state index contributed by atoms with van der Waals surface area (Å²) in [6.07, 6.45) is 11.4. The van der Waals surface area contributed by atoms with E-state index < -0.39 is 0 Å². The van der Waals surface area contributed by atoms with E-state index in [4.69, 9.17) is 0 Å². The van der Waals surface area contributed by atoms with Crippen LogP contribution in [0, 0.1) is 0 Å². The van der Waals surface area contributed by atoms with Crippen LogP contribution in [0.5, 0.6) is 0 Å². The van der Waals surface area contributed by atoms with Crippen LogP contribution in [-0.4, -0.2) is 61.6 Å². The first kappa shape index (κ1) is 24.2. The molecule has 0 atom stereocenters. The predicted molar refractivity (Wildman–Crippen MR) is 134 cm³/mol. The van der Waals surface area contributed by atoms with Gasteiger partial charge in [0, 0.05) is 61.8 Å². The van der Waals surface area contributed by atoms with E-state index in [-0.39, 0.29) is 17.7 Å². The monoisotopic (exact) mass is 496 g/mol. The summed E-state index contributed by atoms with van der Waals surface area (Å²) in [5.41, 5.74) is 1.12. The maximum absolute atomic E-state index is 13.1. The lowest BCUT2D eigenvalue weighted by Crippen LogP contribution is -2.38. The van der Waals surface area contributed by atoms with E-state index in [0.29, 0.717) is 36.6 Å². The average molecular weight is 497 g/mol. The summed E-state index contributed by atoms with van der Waals surface area (Å²) in [7, 11) is 0. The van der Waals surface area contributed by atoms with Crippen molar-refractivity contribution in [1.82, 2.24) is 29.7 Å². The molecule has 0 unspecified atom stereocenters. The minimum absolute atomic E-state index is 0.0213. The molecule has 1 saturated heterocycles. The number of likely N-dealkylation sites (tertiary alicyclic amines) is 1. The summed E-state index contributed by atoms with van der Waals surface area (Å²) in [6, 6.07) is 3.64. The van der Waals surface area contributed by atoms with Crippen LogP contribution in [0.15, 0.2) is 60.1 Å². The van der Waals surface area contributed by atoms with Crippen LogP contribution >= 0.6 is 23.1 Å². The normalized spacial score (nSPS) is 14.2. The first-order valence-corrected chi connectivity index (χ1v) is 13.2. The number of piperidine rings is 1. The number of nitrogens with zero attached hydrogens (tertiary/aromatic N) is 5. The highest BCUT2D eigenvalue weighted by Gasteiger charge is 2.28. The van der Waals surface area contributed by atoms with Crippen molar-refractivity contribution >= 4 is 34.9 Å². The Bertz CT molecular complexity index is 1110. The number of nitrogens with one attached hydrogen (secondary N) is 1. The van der Waals surface area contributed by atoms with Gasteiger partial charge in [0.05, 0.1) is 16.9 Å². The molecule has 1 N–H and O–H groups in total. The number of rotatable bonds is 10. The fourth-order valence-electron chi connectivity index (χ4n) is 3.86. The molecule has 3 aromatic rings. The van der Waals surface area contributed by atoms with E-state index in [9.17, 15) is 9.59 Å². The third kappa shape index (κ3) is 6.12. The second-order valence-corrected chi connectivity index (χ2v) is 9.90. The Morgan fingerprint density at radius 1 is 1.29 bits per heavy atom. The lowest BCUT2D eigenvalue weighted by molar-refractivity contribution is 0.0708. The van der Waals surface area contributed by atoms with Gasteiger partial charge in [0.15, 0.2) is 0 Å². The summed E-state index contributed by atoms with van der Waals surface area (Å²) in [4.78, 5) is 40.4. The highest BCUT2D eigenvalue weighted by atomic mass is 32.2. The summed E-state index contributed by atoms with van der Waals surface area (Å²) < 4.78 is 1.99. The first-order chi connectivity index (χ1) is 16.7. The van der Waals surface area contributed by atoms with Gasteiger partial charge < -0.3 is 14.8 Å².